The molecule has 0 aliphatic carbocycles. The maximum Gasteiger partial charge on any atom is 0.244 e. The largest absolute Gasteiger partial charge is 0.465 e. The van der Waals surface area contributed by atoms with E-state index in [2.05, 4.69) is 15.6 Å². The number of hydrogen-bond donors (Lipinski definition) is 2. The highest BCUT2D eigenvalue weighted by atomic mass is 16.3. The molecule has 2 heterocycles. The van der Waals surface area contributed by atoms with Crippen LogP contribution in [0.15, 0.2) is 47.2 Å². The molecule has 0 aromatic carbocycles. The average molecular weight is 285 g/mol. The highest BCUT2D eigenvalue weighted by Gasteiger charge is 2.04. The number of anilines is 1. The molecule has 0 saturated heterocycles. The summed E-state index contributed by atoms with van der Waals surface area (Å²) in [6.45, 7) is 1.78. The van der Waals surface area contributed by atoms with Crippen molar-refractivity contribution in [1.82, 2.24) is 10.3 Å². The van der Waals surface area contributed by atoms with Crippen molar-refractivity contribution in [2.75, 3.05) is 11.9 Å². The number of rotatable bonds is 5. The Balaban J connectivity index is 1.75. The van der Waals surface area contributed by atoms with Gasteiger partial charge in [0.1, 0.15) is 11.6 Å². The van der Waals surface area contributed by atoms with Gasteiger partial charge in [-0.2, -0.15) is 0 Å². The van der Waals surface area contributed by atoms with E-state index in [1.807, 2.05) is 13.0 Å². The molecule has 21 heavy (non-hydrogen) atoms. The fraction of sp³-hybridized carbons (Fsp3) is 0.133. The number of amides is 2. The normalized spacial score (nSPS) is 10.5. The molecule has 2 rings (SSSR count). The number of aryl methyl sites for hydroxylation is 1. The van der Waals surface area contributed by atoms with Gasteiger partial charge in [-0.15, -0.1) is 0 Å². The Morgan fingerprint density at radius 1 is 1.33 bits per heavy atom. The second kappa shape index (κ2) is 7.04. The molecule has 0 bridgehead atoms. The van der Waals surface area contributed by atoms with Crippen LogP contribution in [0.4, 0.5) is 5.82 Å². The van der Waals surface area contributed by atoms with Crippen molar-refractivity contribution in [2.45, 2.75) is 6.92 Å². The fourth-order valence-corrected chi connectivity index (χ4v) is 1.50. The van der Waals surface area contributed by atoms with Crippen molar-refractivity contribution in [1.29, 1.82) is 0 Å². The molecular weight excluding hydrogens is 270 g/mol. The second-order valence-electron chi connectivity index (χ2n) is 4.34. The van der Waals surface area contributed by atoms with E-state index in [1.165, 1.54) is 18.4 Å². The topological polar surface area (TPSA) is 84.2 Å². The number of nitrogens with one attached hydrogen (secondary N) is 2. The molecule has 6 heteroatoms. The van der Waals surface area contributed by atoms with E-state index in [1.54, 1.807) is 24.4 Å². The minimum atomic E-state index is -0.376. The number of pyridine rings is 1. The summed E-state index contributed by atoms with van der Waals surface area (Å²) < 4.78 is 5.04. The number of nitrogens with zero attached hydrogens (tertiary/aromatic N) is 1. The molecule has 2 aromatic heterocycles. The van der Waals surface area contributed by atoms with Gasteiger partial charge in [0.15, 0.2) is 0 Å². The first kappa shape index (κ1) is 14.5. The molecule has 2 amide bonds. The van der Waals surface area contributed by atoms with Gasteiger partial charge in [0.25, 0.3) is 0 Å². The lowest BCUT2D eigenvalue weighted by atomic mass is 10.3. The summed E-state index contributed by atoms with van der Waals surface area (Å²) in [5.74, 6) is 0.300. The predicted octanol–water partition coefficient (Wildman–Crippen LogP) is 1.75. The van der Waals surface area contributed by atoms with Crippen LogP contribution >= 0.6 is 0 Å². The fourth-order valence-electron chi connectivity index (χ4n) is 1.50. The van der Waals surface area contributed by atoms with E-state index in [0.29, 0.717) is 11.6 Å². The van der Waals surface area contributed by atoms with Crippen molar-refractivity contribution >= 4 is 23.7 Å². The third kappa shape index (κ3) is 4.94. The van der Waals surface area contributed by atoms with Crippen LogP contribution in [0, 0.1) is 6.92 Å². The van der Waals surface area contributed by atoms with Gasteiger partial charge in [-0.1, -0.05) is 6.07 Å². The van der Waals surface area contributed by atoms with Crippen LogP contribution in [0.3, 0.4) is 0 Å². The third-order valence-corrected chi connectivity index (χ3v) is 2.54. The first-order valence-electron chi connectivity index (χ1n) is 6.35. The Bertz CT molecular complexity index is 631. The summed E-state index contributed by atoms with van der Waals surface area (Å²) in [5.41, 5.74) is 1.00. The van der Waals surface area contributed by atoms with Crippen molar-refractivity contribution in [3.05, 3.63) is 54.1 Å². The lowest BCUT2D eigenvalue weighted by Gasteiger charge is -2.04. The quantitative estimate of drug-likeness (QED) is 0.820. The molecule has 0 fully saturated rings. The van der Waals surface area contributed by atoms with Gasteiger partial charge in [0.2, 0.25) is 11.8 Å². The van der Waals surface area contributed by atoms with Crippen LogP contribution in [-0.2, 0) is 9.59 Å². The molecule has 0 spiro atoms. The summed E-state index contributed by atoms with van der Waals surface area (Å²) in [7, 11) is 0. The highest BCUT2D eigenvalue weighted by molar-refractivity contribution is 5.97. The van der Waals surface area contributed by atoms with E-state index in [0.717, 1.165) is 5.56 Å². The smallest absolute Gasteiger partial charge is 0.244 e. The molecule has 0 radical (unpaired) electrons. The zero-order valence-corrected chi connectivity index (χ0v) is 11.5. The van der Waals surface area contributed by atoms with Gasteiger partial charge in [0, 0.05) is 12.3 Å². The second-order valence-corrected chi connectivity index (χ2v) is 4.34. The summed E-state index contributed by atoms with van der Waals surface area (Å²) in [5, 5.41) is 5.06. The standard InChI is InChI=1S/C15H15N3O3/c1-11-4-6-13(16-9-11)18-15(20)10-17-14(19)7-5-12-3-2-8-21-12/h2-9H,10H2,1H3,(H,17,19)(H,16,18,20). The lowest BCUT2D eigenvalue weighted by molar-refractivity contribution is -0.121. The highest BCUT2D eigenvalue weighted by Crippen LogP contribution is 2.03. The van der Waals surface area contributed by atoms with Crippen LogP contribution in [0.5, 0.6) is 0 Å². The molecule has 2 N–H and O–H groups in total. The van der Waals surface area contributed by atoms with E-state index in [-0.39, 0.29) is 18.4 Å². The number of aromatic nitrogens is 1. The maximum absolute atomic E-state index is 11.6. The number of carbonyl (C=O) groups is 2. The van der Waals surface area contributed by atoms with Gasteiger partial charge in [0.05, 0.1) is 12.8 Å². The lowest BCUT2D eigenvalue weighted by Crippen LogP contribution is -2.31. The molecule has 0 aliphatic heterocycles. The Labute approximate surface area is 121 Å². The summed E-state index contributed by atoms with van der Waals surface area (Å²) >= 11 is 0. The minimum absolute atomic E-state index is 0.128. The average Bonchev–Trinajstić information content (AvgIpc) is 2.99. The molecule has 6 nitrogen and oxygen atoms in total. The zero-order chi connectivity index (χ0) is 15.1. The van der Waals surface area contributed by atoms with Gasteiger partial charge in [-0.25, -0.2) is 4.98 Å². The van der Waals surface area contributed by atoms with Crippen LogP contribution in [0.2, 0.25) is 0 Å². The van der Waals surface area contributed by atoms with Crippen molar-refractivity contribution in [3.8, 4) is 0 Å². The maximum atomic E-state index is 11.6. The molecule has 0 atom stereocenters. The van der Waals surface area contributed by atoms with Crippen LogP contribution < -0.4 is 10.6 Å². The van der Waals surface area contributed by atoms with Crippen LogP contribution in [-0.4, -0.2) is 23.3 Å². The van der Waals surface area contributed by atoms with Gasteiger partial charge in [-0.3, -0.25) is 9.59 Å². The van der Waals surface area contributed by atoms with Crippen molar-refractivity contribution < 1.29 is 14.0 Å². The Morgan fingerprint density at radius 3 is 2.86 bits per heavy atom. The third-order valence-electron chi connectivity index (χ3n) is 2.54. The number of hydrogen-bond acceptors (Lipinski definition) is 4. The Morgan fingerprint density at radius 2 is 2.19 bits per heavy atom. The SMILES string of the molecule is Cc1ccc(NC(=O)CNC(=O)C=Cc2ccco2)nc1. The Hall–Kier alpha value is -2.89. The van der Waals surface area contributed by atoms with Gasteiger partial charge < -0.3 is 15.1 Å². The van der Waals surface area contributed by atoms with Crippen LogP contribution in [0.25, 0.3) is 6.08 Å². The summed E-state index contributed by atoms with van der Waals surface area (Å²) in [6, 6.07) is 6.98. The number of furan rings is 1. The first-order chi connectivity index (χ1) is 10.1. The summed E-state index contributed by atoms with van der Waals surface area (Å²) in [6.07, 6.45) is 5.99. The Kier molecular flexibility index (Phi) is 4.87. The van der Waals surface area contributed by atoms with E-state index >= 15 is 0 Å². The van der Waals surface area contributed by atoms with Gasteiger partial charge >= 0.3 is 0 Å². The van der Waals surface area contributed by atoms with Crippen molar-refractivity contribution in [3.63, 3.8) is 0 Å². The first-order valence-corrected chi connectivity index (χ1v) is 6.35. The summed E-state index contributed by atoms with van der Waals surface area (Å²) in [4.78, 5) is 27.2. The van der Waals surface area contributed by atoms with E-state index < -0.39 is 0 Å². The molecule has 0 aliphatic rings. The molecule has 0 saturated carbocycles. The zero-order valence-electron chi connectivity index (χ0n) is 11.5. The molecular formula is C15H15N3O3. The molecule has 108 valence electrons. The van der Waals surface area contributed by atoms with Gasteiger partial charge in [-0.05, 0) is 36.8 Å². The van der Waals surface area contributed by atoms with E-state index in [9.17, 15) is 9.59 Å². The number of carbonyl (C=O) groups excluding carboxylic acids is 2. The van der Waals surface area contributed by atoms with E-state index in [4.69, 9.17) is 4.42 Å². The van der Waals surface area contributed by atoms with Crippen LogP contribution in [0.1, 0.15) is 11.3 Å². The molecule has 0 unspecified atom stereocenters. The predicted molar refractivity (Wildman–Crippen MR) is 78.4 cm³/mol. The van der Waals surface area contributed by atoms with Crippen molar-refractivity contribution in [2.24, 2.45) is 0 Å². The molecule has 2 aromatic rings. The minimum Gasteiger partial charge on any atom is -0.465 e. The monoisotopic (exact) mass is 285 g/mol.